The molecule has 2 aromatic rings. The Morgan fingerprint density at radius 2 is 2.00 bits per heavy atom. The Kier molecular flexibility index (Phi) is 4.10. The van der Waals surface area contributed by atoms with Gasteiger partial charge in [0.25, 0.3) is 0 Å². The molecule has 2 N–H and O–H groups in total. The lowest BCUT2D eigenvalue weighted by atomic mass is 10.2. The zero-order chi connectivity index (χ0) is 13.7. The van der Waals surface area contributed by atoms with Gasteiger partial charge in [-0.1, -0.05) is 0 Å². The van der Waals surface area contributed by atoms with E-state index in [1.807, 2.05) is 6.07 Å². The highest BCUT2D eigenvalue weighted by atomic mass is 16.5. The van der Waals surface area contributed by atoms with E-state index in [1.54, 1.807) is 36.5 Å². The molecular weight excluding hydrogens is 244 g/mol. The Morgan fingerprint density at radius 3 is 2.63 bits per heavy atom. The van der Waals surface area contributed by atoms with Crippen LogP contribution in [0.25, 0.3) is 0 Å². The lowest BCUT2D eigenvalue weighted by molar-refractivity contribution is 0.0600. The highest BCUT2D eigenvalue weighted by Gasteiger charge is 2.05. The van der Waals surface area contributed by atoms with Crippen molar-refractivity contribution >= 4 is 5.97 Å². The molecule has 5 heteroatoms. The van der Waals surface area contributed by atoms with Crippen LogP contribution in [0.3, 0.4) is 0 Å². The zero-order valence-corrected chi connectivity index (χ0v) is 10.5. The number of pyridine rings is 1. The molecule has 0 saturated heterocycles. The standard InChI is InChI=1S/C14H14N2O3/c1-18-14(17)11-2-4-12(5-3-11)19-13-8-10(9-15)6-7-16-13/h2-8H,9,15H2,1H3. The number of nitrogens with two attached hydrogens (primary N) is 1. The Balaban J connectivity index is 2.12. The van der Waals surface area contributed by atoms with Crippen molar-refractivity contribution in [3.63, 3.8) is 0 Å². The first-order chi connectivity index (χ1) is 9.22. The SMILES string of the molecule is COC(=O)c1ccc(Oc2cc(CN)ccn2)cc1. The summed E-state index contributed by atoms with van der Waals surface area (Å²) in [6.45, 7) is 0.431. The van der Waals surface area contributed by atoms with Crippen LogP contribution in [-0.4, -0.2) is 18.1 Å². The minimum absolute atomic E-state index is 0.380. The summed E-state index contributed by atoms with van der Waals surface area (Å²) in [5.74, 6) is 0.679. The highest BCUT2D eigenvalue weighted by molar-refractivity contribution is 5.89. The molecule has 0 spiro atoms. The van der Waals surface area contributed by atoms with Gasteiger partial charge in [-0.15, -0.1) is 0 Å². The molecule has 0 radical (unpaired) electrons. The third kappa shape index (κ3) is 3.29. The summed E-state index contributed by atoms with van der Waals surface area (Å²) in [5, 5.41) is 0. The number of esters is 1. The maximum Gasteiger partial charge on any atom is 0.337 e. The van der Waals surface area contributed by atoms with Crippen molar-refractivity contribution in [2.45, 2.75) is 6.54 Å². The number of carbonyl (C=O) groups is 1. The number of aromatic nitrogens is 1. The number of methoxy groups -OCH3 is 1. The molecular formula is C14H14N2O3. The van der Waals surface area contributed by atoms with E-state index in [1.165, 1.54) is 7.11 Å². The number of benzene rings is 1. The van der Waals surface area contributed by atoms with Crippen LogP contribution in [0.5, 0.6) is 11.6 Å². The van der Waals surface area contributed by atoms with E-state index in [2.05, 4.69) is 9.72 Å². The molecule has 1 aromatic carbocycles. The number of rotatable bonds is 4. The fourth-order valence-corrected chi connectivity index (χ4v) is 1.53. The van der Waals surface area contributed by atoms with Gasteiger partial charge in [0.15, 0.2) is 0 Å². The van der Waals surface area contributed by atoms with Crippen molar-refractivity contribution in [1.82, 2.24) is 4.98 Å². The molecule has 5 nitrogen and oxygen atoms in total. The van der Waals surface area contributed by atoms with Gasteiger partial charge in [-0.3, -0.25) is 0 Å². The predicted octanol–water partition coefficient (Wildman–Crippen LogP) is 2.12. The average Bonchev–Trinajstić information content (AvgIpc) is 2.47. The van der Waals surface area contributed by atoms with Gasteiger partial charge in [-0.05, 0) is 35.9 Å². The van der Waals surface area contributed by atoms with Crippen molar-refractivity contribution in [2.75, 3.05) is 7.11 Å². The third-order valence-corrected chi connectivity index (χ3v) is 2.53. The van der Waals surface area contributed by atoms with Crippen LogP contribution >= 0.6 is 0 Å². The zero-order valence-electron chi connectivity index (χ0n) is 10.5. The van der Waals surface area contributed by atoms with E-state index in [9.17, 15) is 4.79 Å². The number of hydrogen-bond acceptors (Lipinski definition) is 5. The Labute approximate surface area is 111 Å². The highest BCUT2D eigenvalue weighted by Crippen LogP contribution is 2.20. The fourth-order valence-electron chi connectivity index (χ4n) is 1.53. The van der Waals surface area contributed by atoms with Gasteiger partial charge in [0.05, 0.1) is 12.7 Å². The van der Waals surface area contributed by atoms with E-state index in [0.29, 0.717) is 23.7 Å². The van der Waals surface area contributed by atoms with Crippen molar-refractivity contribution in [2.24, 2.45) is 5.73 Å². The van der Waals surface area contributed by atoms with Gasteiger partial charge < -0.3 is 15.2 Å². The fraction of sp³-hybridized carbons (Fsp3) is 0.143. The first-order valence-corrected chi connectivity index (χ1v) is 5.74. The number of nitrogens with zero attached hydrogens (tertiary/aromatic N) is 1. The molecule has 19 heavy (non-hydrogen) atoms. The maximum absolute atomic E-state index is 11.3. The molecule has 0 aliphatic rings. The summed E-state index contributed by atoms with van der Waals surface area (Å²) in [4.78, 5) is 15.4. The number of hydrogen-bond donors (Lipinski definition) is 1. The number of ether oxygens (including phenoxy) is 2. The molecule has 1 aromatic heterocycles. The molecule has 0 saturated carbocycles. The van der Waals surface area contributed by atoms with Crippen molar-refractivity contribution < 1.29 is 14.3 Å². The van der Waals surface area contributed by atoms with E-state index < -0.39 is 0 Å². The quantitative estimate of drug-likeness (QED) is 0.850. The first kappa shape index (κ1) is 13.0. The number of carbonyl (C=O) groups excluding carboxylic acids is 1. The van der Waals surface area contributed by atoms with Crippen LogP contribution < -0.4 is 10.5 Å². The average molecular weight is 258 g/mol. The molecule has 0 atom stereocenters. The Hall–Kier alpha value is -2.40. The second-order valence-corrected chi connectivity index (χ2v) is 3.82. The molecule has 0 bridgehead atoms. The minimum atomic E-state index is -0.380. The van der Waals surface area contributed by atoms with Gasteiger partial charge in [0.2, 0.25) is 5.88 Å². The van der Waals surface area contributed by atoms with E-state index in [0.717, 1.165) is 5.56 Å². The molecule has 0 aliphatic carbocycles. The summed E-state index contributed by atoms with van der Waals surface area (Å²) >= 11 is 0. The second kappa shape index (κ2) is 5.97. The summed E-state index contributed by atoms with van der Waals surface area (Å²) in [7, 11) is 1.34. The topological polar surface area (TPSA) is 74.4 Å². The van der Waals surface area contributed by atoms with Crippen LogP contribution in [0.2, 0.25) is 0 Å². The van der Waals surface area contributed by atoms with Crippen molar-refractivity contribution in [3.8, 4) is 11.6 Å². The van der Waals surface area contributed by atoms with E-state index >= 15 is 0 Å². The van der Waals surface area contributed by atoms with Crippen LogP contribution in [0.1, 0.15) is 15.9 Å². The molecule has 0 unspecified atom stereocenters. The Bertz CT molecular complexity index is 567. The van der Waals surface area contributed by atoms with Crippen LogP contribution in [0, 0.1) is 0 Å². The smallest absolute Gasteiger partial charge is 0.337 e. The lowest BCUT2D eigenvalue weighted by Crippen LogP contribution is -2.00. The van der Waals surface area contributed by atoms with Crippen LogP contribution in [0.15, 0.2) is 42.6 Å². The molecule has 0 fully saturated rings. The monoisotopic (exact) mass is 258 g/mol. The largest absolute Gasteiger partial charge is 0.465 e. The maximum atomic E-state index is 11.3. The van der Waals surface area contributed by atoms with Crippen molar-refractivity contribution in [3.05, 3.63) is 53.7 Å². The van der Waals surface area contributed by atoms with Gasteiger partial charge >= 0.3 is 5.97 Å². The van der Waals surface area contributed by atoms with Crippen LogP contribution in [0.4, 0.5) is 0 Å². The summed E-state index contributed by atoms with van der Waals surface area (Å²) < 4.78 is 10.2. The summed E-state index contributed by atoms with van der Waals surface area (Å²) in [6, 6.07) is 10.2. The molecule has 0 aliphatic heterocycles. The predicted molar refractivity (Wildman–Crippen MR) is 70.0 cm³/mol. The summed E-state index contributed by atoms with van der Waals surface area (Å²) in [6.07, 6.45) is 1.64. The molecule has 98 valence electrons. The van der Waals surface area contributed by atoms with E-state index in [4.69, 9.17) is 10.5 Å². The molecule has 1 heterocycles. The van der Waals surface area contributed by atoms with E-state index in [-0.39, 0.29) is 5.97 Å². The lowest BCUT2D eigenvalue weighted by Gasteiger charge is -2.06. The molecule has 2 rings (SSSR count). The van der Waals surface area contributed by atoms with Gasteiger partial charge in [0, 0.05) is 18.8 Å². The van der Waals surface area contributed by atoms with Gasteiger partial charge in [-0.25, -0.2) is 9.78 Å². The Morgan fingerprint density at radius 1 is 1.26 bits per heavy atom. The second-order valence-electron chi connectivity index (χ2n) is 3.82. The third-order valence-electron chi connectivity index (χ3n) is 2.53. The summed E-state index contributed by atoms with van der Waals surface area (Å²) in [5.41, 5.74) is 6.96. The molecule has 0 amide bonds. The minimum Gasteiger partial charge on any atom is -0.465 e. The normalized spacial score (nSPS) is 10.0. The van der Waals surface area contributed by atoms with Gasteiger partial charge in [0.1, 0.15) is 5.75 Å². The van der Waals surface area contributed by atoms with Gasteiger partial charge in [-0.2, -0.15) is 0 Å². The first-order valence-electron chi connectivity index (χ1n) is 5.74. The van der Waals surface area contributed by atoms with Crippen molar-refractivity contribution in [1.29, 1.82) is 0 Å². The van der Waals surface area contributed by atoms with Crippen LogP contribution in [-0.2, 0) is 11.3 Å².